The summed E-state index contributed by atoms with van der Waals surface area (Å²) >= 11 is 0. The van der Waals surface area contributed by atoms with Crippen molar-refractivity contribution in [3.63, 3.8) is 0 Å². The third-order valence-corrected chi connectivity index (χ3v) is 12.7. The van der Waals surface area contributed by atoms with E-state index in [1.54, 1.807) is 4.90 Å². The number of hydrogen-bond acceptors (Lipinski definition) is 11. The number of nitrogens with zero attached hydrogens (tertiary/aromatic N) is 7. The molecule has 1 aliphatic rings. The number of fused-ring (bicyclic) bond motifs is 3. The molecule has 10 N–H and O–H groups in total. The number of amides is 5. The standard InChI is InChI=1S/C51H75N15O5/c1-4-5-26-43-61-46-47(66(43)33-35-18-7-6-8-19-35)37-21-9-10-22-38(37)58-48(46)63-62-45(68)32-36-20-17-30-65(36)51(71)40(24-11-12-25-42(53)54)59-50(70)41(31-34(2)3)60-49(69)39(23-13-15-28-52)57-44(67)27-14-16-29-56-64-55/h6-10,18-19,21-22,34,36,39-41H,4-5,11-17,20,23-33,52H2,1-3H3,(H3,53,54)(H,57,67)(H,58,63)(H,59,70)(H,60,69)(H,62,68). The molecule has 4 atom stereocenters. The Hall–Kier alpha value is -6.79. The van der Waals surface area contributed by atoms with Crippen LogP contribution in [-0.2, 0) is 36.9 Å². The second-order valence-electron chi connectivity index (χ2n) is 18.9. The van der Waals surface area contributed by atoms with Crippen molar-refractivity contribution in [3.8, 4) is 0 Å². The lowest BCUT2D eigenvalue weighted by Crippen LogP contribution is -2.57. The molecule has 1 saturated heterocycles. The molecule has 20 heteroatoms. The van der Waals surface area contributed by atoms with E-state index in [4.69, 9.17) is 32.4 Å². The monoisotopic (exact) mass is 978 g/mol. The van der Waals surface area contributed by atoms with E-state index in [9.17, 15) is 24.0 Å². The van der Waals surface area contributed by atoms with Crippen molar-refractivity contribution >= 4 is 63.1 Å². The quantitative estimate of drug-likeness (QED) is 0.00521. The molecule has 3 heterocycles. The van der Waals surface area contributed by atoms with Gasteiger partial charge in [0.25, 0.3) is 0 Å². The number of hydrazine groups is 1. The minimum Gasteiger partial charge on any atom is -0.388 e. The summed E-state index contributed by atoms with van der Waals surface area (Å²) in [6.45, 7) is 7.67. The molecule has 5 amide bonds. The highest BCUT2D eigenvalue weighted by molar-refractivity contribution is 6.07. The van der Waals surface area contributed by atoms with E-state index in [0.717, 1.165) is 47.1 Å². The maximum Gasteiger partial charge on any atom is 0.245 e. The minimum absolute atomic E-state index is 0.0121. The number of aromatic nitrogens is 3. The van der Waals surface area contributed by atoms with E-state index in [-0.39, 0.29) is 61.7 Å². The number of amidine groups is 1. The van der Waals surface area contributed by atoms with Crippen LogP contribution in [0.2, 0.25) is 0 Å². The highest BCUT2D eigenvalue weighted by Gasteiger charge is 2.36. The zero-order chi connectivity index (χ0) is 51.1. The number of nitrogens with one attached hydrogen (secondary N) is 6. The number of rotatable bonds is 31. The summed E-state index contributed by atoms with van der Waals surface area (Å²) in [6, 6.07) is 14.7. The maximum absolute atomic E-state index is 14.6. The van der Waals surface area contributed by atoms with Gasteiger partial charge in [-0.25, -0.2) is 9.97 Å². The number of benzene rings is 2. The molecular formula is C51H75N15O5. The number of aryl methyl sites for hydroxylation is 1. The summed E-state index contributed by atoms with van der Waals surface area (Å²) in [5.74, 6) is -0.758. The number of para-hydroxylation sites is 1. The fourth-order valence-corrected chi connectivity index (χ4v) is 9.07. The Morgan fingerprint density at radius 1 is 0.859 bits per heavy atom. The molecule has 1 fully saturated rings. The molecule has 2 aromatic heterocycles. The van der Waals surface area contributed by atoms with Gasteiger partial charge in [-0.05, 0) is 100 Å². The molecule has 4 unspecified atom stereocenters. The minimum atomic E-state index is -1.03. The summed E-state index contributed by atoms with van der Waals surface area (Å²) in [6.07, 6.45) is 8.43. The Bertz CT molecular complexity index is 2450. The third kappa shape index (κ3) is 16.9. The van der Waals surface area contributed by atoms with Gasteiger partial charge in [-0.1, -0.05) is 87.3 Å². The topological polar surface area (TPSA) is 304 Å². The van der Waals surface area contributed by atoms with Crippen molar-refractivity contribution in [2.75, 3.05) is 25.1 Å². The van der Waals surface area contributed by atoms with Gasteiger partial charge in [0.1, 0.15) is 29.5 Å². The van der Waals surface area contributed by atoms with Gasteiger partial charge in [-0.2, -0.15) is 0 Å². The predicted octanol–water partition coefficient (Wildman–Crippen LogP) is 6.41. The summed E-state index contributed by atoms with van der Waals surface area (Å²) < 4.78 is 2.25. The number of pyridine rings is 1. The van der Waals surface area contributed by atoms with Crippen LogP contribution >= 0.6 is 0 Å². The van der Waals surface area contributed by atoms with Crippen LogP contribution in [0.15, 0.2) is 59.7 Å². The highest BCUT2D eigenvalue weighted by Crippen LogP contribution is 2.31. The number of carbonyl (C=O) groups is 5. The van der Waals surface area contributed by atoms with Gasteiger partial charge in [0.05, 0.1) is 16.9 Å². The van der Waals surface area contributed by atoms with Crippen LogP contribution in [0.5, 0.6) is 0 Å². The number of anilines is 1. The molecule has 0 aliphatic carbocycles. The first-order valence-corrected chi connectivity index (χ1v) is 25.4. The predicted molar refractivity (Wildman–Crippen MR) is 277 cm³/mol. The van der Waals surface area contributed by atoms with E-state index in [1.165, 1.54) is 0 Å². The van der Waals surface area contributed by atoms with Gasteiger partial charge >= 0.3 is 0 Å². The molecule has 0 bridgehead atoms. The first-order chi connectivity index (χ1) is 34.3. The Morgan fingerprint density at radius 3 is 2.30 bits per heavy atom. The Balaban J connectivity index is 1.31. The van der Waals surface area contributed by atoms with Crippen molar-refractivity contribution < 1.29 is 24.0 Å². The maximum atomic E-state index is 14.6. The lowest BCUT2D eigenvalue weighted by molar-refractivity contribution is -0.139. The molecule has 5 rings (SSSR count). The van der Waals surface area contributed by atoms with Crippen LogP contribution in [0.4, 0.5) is 5.82 Å². The number of unbranched alkanes of at least 4 members (excludes halogenated alkanes) is 4. The zero-order valence-electron chi connectivity index (χ0n) is 41.8. The van der Waals surface area contributed by atoms with Crippen LogP contribution in [0.25, 0.3) is 32.4 Å². The van der Waals surface area contributed by atoms with E-state index < -0.39 is 36.0 Å². The number of likely N-dealkylation sites (tertiary alicyclic amines) is 1. The van der Waals surface area contributed by atoms with E-state index in [1.807, 2.05) is 56.3 Å². The second kappa shape index (κ2) is 28.8. The van der Waals surface area contributed by atoms with Crippen molar-refractivity contribution in [2.24, 2.45) is 22.5 Å². The lowest BCUT2D eigenvalue weighted by Gasteiger charge is -2.31. The van der Waals surface area contributed by atoms with Crippen LogP contribution < -0.4 is 38.3 Å². The summed E-state index contributed by atoms with van der Waals surface area (Å²) in [7, 11) is 0. The second-order valence-corrected chi connectivity index (χ2v) is 18.9. The van der Waals surface area contributed by atoms with Crippen LogP contribution in [0.1, 0.15) is 135 Å². The SMILES string of the molecule is CCCCc1nc2c(NNC(=O)CC3CCCN3C(=O)C(CCCCC(=N)N)NC(=O)C(CC(C)C)NC(=O)C(CCCCN)NC(=O)CCCCN=[N+]=[N-])nc3ccccc3c2n1Cc1ccccc1. The lowest BCUT2D eigenvalue weighted by atomic mass is 10.00. The fourth-order valence-electron chi connectivity index (χ4n) is 9.07. The Kier molecular flexibility index (Phi) is 22.3. The van der Waals surface area contributed by atoms with Crippen LogP contribution in [0, 0.1) is 11.3 Å². The van der Waals surface area contributed by atoms with Gasteiger partial charge in [-0.15, -0.1) is 0 Å². The number of imidazole rings is 1. The fraction of sp³-hybridized carbons (Fsp3) is 0.569. The van der Waals surface area contributed by atoms with Gasteiger partial charge in [-0.3, -0.25) is 40.2 Å². The third-order valence-electron chi connectivity index (χ3n) is 12.7. The average molecular weight is 978 g/mol. The summed E-state index contributed by atoms with van der Waals surface area (Å²) in [4.78, 5) is 83.9. The van der Waals surface area contributed by atoms with Gasteiger partial charge < -0.3 is 36.9 Å². The molecule has 0 saturated carbocycles. The van der Waals surface area contributed by atoms with E-state index in [2.05, 4.69) is 60.5 Å². The van der Waals surface area contributed by atoms with Gasteiger partial charge in [0, 0.05) is 61.7 Å². The molecule has 0 spiro atoms. The number of nitrogens with two attached hydrogens (primary N) is 2. The molecule has 2 aromatic carbocycles. The molecular weight excluding hydrogens is 903 g/mol. The number of hydrogen-bond donors (Lipinski definition) is 8. The normalized spacial score (nSPS) is 14.7. The Morgan fingerprint density at radius 2 is 1.56 bits per heavy atom. The van der Waals surface area contributed by atoms with Crippen molar-refractivity contribution in [1.82, 2.24) is 40.8 Å². The Labute approximate surface area is 416 Å². The number of carbonyl (C=O) groups excluding carboxylic acids is 5. The van der Waals surface area contributed by atoms with Gasteiger partial charge in [0.2, 0.25) is 29.5 Å². The first-order valence-electron chi connectivity index (χ1n) is 25.4. The largest absolute Gasteiger partial charge is 0.388 e. The molecule has 1 aliphatic heterocycles. The average Bonchev–Trinajstić information content (AvgIpc) is 3.97. The number of azide groups is 1. The molecule has 4 aromatic rings. The van der Waals surface area contributed by atoms with Crippen LogP contribution in [0.3, 0.4) is 0 Å². The van der Waals surface area contributed by atoms with E-state index in [0.29, 0.717) is 95.2 Å². The highest BCUT2D eigenvalue weighted by atomic mass is 16.2. The van der Waals surface area contributed by atoms with E-state index >= 15 is 0 Å². The van der Waals surface area contributed by atoms with Crippen molar-refractivity contribution in [1.29, 1.82) is 5.41 Å². The van der Waals surface area contributed by atoms with Crippen molar-refractivity contribution in [3.05, 3.63) is 76.4 Å². The first kappa shape index (κ1) is 55.1. The summed E-state index contributed by atoms with van der Waals surface area (Å²) in [5.41, 5.74) is 29.3. The van der Waals surface area contributed by atoms with Crippen LogP contribution in [-0.4, -0.2) is 98.6 Å². The smallest absolute Gasteiger partial charge is 0.245 e. The molecule has 384 valence electrons. The molecule has 71 heavy (non-hydrogen) atoms. The zero-order valence-corrected chi connectivity index (χ0v) is 41.8. The molecule has 0 radical (unpaired) electrons. The van der Waals surface area contributed by atoms with Crippen molar-refractivity contribution in [2.45, 2.75) is 161 Å². The van der Waals surface area contributed by atoms with Gasteiger partial charge in [0.15, 0.2) is 5.82 Å². The molecule has 20 nitrogen and oxygen atoms in total. The summed E-state index contributed by atoms with van der Waals surface area (Å²) in [5, 5.41) is 20.8.